The van der Waals surface area contributed by atoms with Gasteiger partial charge in [-0.15, -0.1) is 0 Å². The van der Waals surface area contributed by atoms with Crippen molar-refractivity contribution in [1.82, 2.24) is 0 Å². The van der Waals surface area contributed by atoms with Gasteiger partial charge in [-0.25, -0.2) is 0 Å². The maximum Gasteiger partial charge on any atom is 0.159 e. The lowest BCUT2D eigenvalue weighted by molar-refractivity contribution is 0.0628. The van der Waals surface area contributed by atoms with Crippen LogP contribution in [0.25, 0.3) is 0 Å². The number of nitrogens with zero attached hydrogens (tertiary/aromatic N) is 2. The van der Waals surface area contributed by atoms with Crippen LogP contribution in [0.4, 0.5) is 0 Å². The molecule has 0 saturated heterocycles. The summed E-state index contributed by atoms with van der Waals surface area (Å²) < 4.78 is 5.04. The first-order chi connectivity index (χ1) is 4.76. The number of hydrogen-bond donors (Lipinski definition) is 0. The van der Waals surface area contributed by atoms with E-state index in [0.717, 1.165) is 0 Å². The Morgan fingerprint density at radius 1 is 1.40 bits per heavy atom. The summed E-state index contributed by atoms with van der Waals surface area (Å²) in [7, 11) is 0. The number of hydrogen-bond acceptors (Lipinski definition) is 3. The first-order valence-electron chi connectivity index (χ1n) is 3.17. The van der Waals surface area contributed by atoms with Gasteiger partial charge < -0.3 is 4.74 Å². The first-order valence-corrected chi connectivity index (χ1v) is 3.17. The Kier molecular flexibility index (Phi) is 4.28. The smallest absolute Gasteiger partial charge is 0.159 e. The largest absolute Gasteiger partial charge is 0.376 e. The molecule has 0 aliphatic carbocycles. The van der Waals surface area contributed by atoms with Gasteiger partial charge in [0.15, 0.2) is 5.92 Å². The molecule has 0 aliphatic rings. The van der Waals surface area contributed by atoms with E-state index >= 15 is 0 Å². The number of rotatable bonds is 3. The van der Waals surface area contributed by atoms with Gasteiger partial charge in [0.25, 0.3) is 0 Å². The summed E-state index contributed by atoms with van der Waals surface area (Å²) in [5, 5.41) is 16.7. The van der Waals surface area contributed by atoms with E-state index in [2.05, 4.69) is 0 Å². The van der Waals surface area contributed by atoms with E-state index in [0.29, 0.717) is 6.61 Å². The maximum atomic E-state index is 8.37. The van der Waals surface area contributed by atoms with Crippen molar-refractivity contribution in [2.45, 2.75) is 20.0 Å². The normalized spacial score (nSPS) is 12.1. The molecule has 0 aromatic carbocycles. The zero-order valence-corrected chi connectivity index (χ0v) is 6.16. The van der Waals surface area contributed by atoms with Crippen molar-refractivity contribution in [2.75, 3.05) is 6.61 Å². The molecule has 0 spiro atoms. The van der Waals surface area contributed by atoms with E-state index in [4.69, 9.17) is 15.3 Å². The van der Waals surface area contributed by atoms with Crippen LogP contribution in [0.3, 0.4) is 0 Å². The Morgan fingerprint density at radius 3 is 2.20 bits per heavy atom. The summed E-state index contributed by atoms with van der Waals surface area (Å²) >= 11 is 0. The fourth-order valence-electron chi connectivity index (χ4n) is 0.598. The second-order valence-electron chi connectivity index (χ2n) is 1.90. The third-order valence-corrected chi connectivity index (χ3v) is 1.18. The van der Waals surface area contributed by atoms with Crippen LogP contribution in [0, 0.1) is 28.6 Å². The lowest BCUT2D eigenvalue weighted by Gasteiger charge is -2.09. The quantitative estimate of drug-likeness (QED) is 0.586. The van der Waals surface area contributed by atoms with E-state index in [1.54, 1.807) is 6.92 Å². The van der Waals surface area contributed by atoms with E-state index < -0.39 is 5.92 Å². The van der Waals surface area contributed by atoms with Gasteiger partial charge in [-0.1, -0.05) is 0 Å². The Labute approximate surface area is 60.8 Å². The van der Waals surface area contributed by atoms with Crippen molar-refractivity contribution in [3.05, 3.63) is 0 Å². The second kappa shape index (κ2) is 4.78. The van der Waals surface area contributed by atoms with E-state index in [1.807, 2.05) is 19.1 Å². The molecule has 0 aliphatic heterocycles. The van der Waals surface area contributed by atoms with Gasteiger partial charge in [0.2, 0.25) is 0 Å². The molecule has 0 heterocycles. The molecule has 3 heteroatoms. The zero-order chi connectivity index (χ0) is 7.98. The highest BCUT2D eigenvalue weighted by Gasteiger charge is 2.14. The zero-order valence-electron chi connectivity index (χ0n) is 6.16. The van der Waals surface area contributed by atoms with E-state index in [9.17, 15) is 0 Å². The second-order valence-corrected chi connectivity index (χ2v) is 1.90. The average Bonchev–Trinajstić information content (AvgIpc) is 1.91. The minimum atomic E-state index is -0.639. The van der Waals surface area contributed by atoms with Crippen LogP contribution in [0.15, 0.2) is 0 Å². The van der Waals surface area contributed by atoms with E-state index in [-0.39, 0.29) is 6.10 Å². The minimum absolute atomic E-state index is 0.278. The Bertz CT molecular complexity index is 151. The third-order valence-electron chi connectivity index (χ3n) is 1.18. The lowest BCUT2D eigenvalue weighted by atomic mass is 10.1. The van der Waals surface area contributed by atoms with Crippen molar-refractivity contribution in [1.29, 1.82) is 10.5 Å². The van der Waals surface area contributed by atoms with Gasteiger partial charge in [0, 0.05) is 6.61 Å². The molecule has 0 saturated carbocycles. The van der Waals surface area contributed by atoms with Crippen molar-refractivity contribution in [3.63, 3.8) is 0 Å². The fraction of sp³-hybridized carbons (Fsp3) is 0.714. The summed E-state index contributed by atoms with van der Waals surface area (Å²) in [5.41, 5.74) is 0. The van der Waals surface area contributed by atoms with Crippen LogP contribution in [-0.4, -0.2) is 12.7 Å². The van der Waals surface area contributed by atoms with Crippen molar-refractivity contribution in [2.24, 2.45) is 5.92 Å². The van der Waals surface area contributed by atoms with Crippen LogP contribution >= 0.6 is 0 Å². The van der Waals surface area contributed by atoms with Gasteiger partial charge in [0.05, 0.1) is 18.2 Å². The molecule has 1 atom stereocenters. The predicted octanol–water partition coefficient (Wildman–Crippen LogP) is 1.07. The van der Waals surface area contributed by atoms with Crippen LogP contribution in [0.5, 0.6) is 0 Å². The molecule has 0 radical (unpaired) electrons. The molecule has 1 unspecified atom stereocenters. The first kappa shape index (κ1) is 8.94. The van der Waals surface area contributed by atoms with Crippen molar-refractivity contribution >= 4 is 0 Å². The van der Waals surface area contributed by atoms with Crippen LogP contribution < -0.4 is 0 Å². The molecule has 10 heavy (non-hydrogen) atoms. The van der Waals surface area contributed by atoms with Crippen LogP contribution in [0.2, 0.25) is 0 Å². The SMILES string of the molecule is CCOC(C)C(C#N)C#N. The van der Waals surface area contributed by atoms with Gasteiger partial charge in [-0.2, -0.15) is 10.5 Å². The Balaban J connectivity index is 3.83. The number of nitriles is 2. The van der Waals surface area contributed by atoms with Crippen LogP contribution in [0.1, 0.15) is 13.8 Å². The van der Waals surface area contributed by atoms with Gasteiger partial charge in [-0.3, -0.25) is 0 Å². The molecule has 0 amide bonds. The molecular formula is C7H10N2O. The molecule has 0 bridgehead atoms. The molecule has 0 aromatic rings. The molecule has 0 N–H and O–H groups in total. The highest BCUT2D eigenvalue weighted by Crippen LogP contribution is 2.04. The highest BCUT2D eigenvalue weighted by molar-refractivity contribution is 5.02. The molecular weight excluding hydrogens is 128 g/mol. The molecule has 54 valence electrons. The summed E-state index contributed by atoms with van der Waals surface area (Å²) in [6.45, 7) is 4.10. The molecule has 0 fully saturated rings. The molecule has 0 rings (SSSR count). The van der Waals surface area contributed by atoms with Gasteiger partial charge in [-0.05, 0) is 13.8 Å². The summed E-state index contributed by atoms with van der Waals surface area (Å²) in [5.74, 6) is -0.639. The topological polar surface area (TPSA) is 56.8 Å². The Hall–Kier alpha value is -1.06. The van der Waals surface area contributed by atoms with Crippen molar-refractivity contribution in [3.8, 4) is 12.1 Å². The summed E-state index contributed by atoms with van der Waals surface area (Å²) in [6, 6.07) is 3.70. The fourth-order valence-corrected chi connectivity index (χ4v) is 0.598. The van der Waals surface area contributed by atoms with Gasteiger partial charge in [0.1, 0.15) is 0 Å². The third kappa shape index (κ3) is 2.48. The average molecular weight is 138 g/mol. The van der Waals surface area contributed by atoms with E-state index in [1.165, 1.54) is 0 Å². The summed E-state index contributed by atoms with van der Waals surface area (Å²) in [4.78, 5) is 0. The standard InChI is InChI=1S/C7H10N2O/c1-3-10-6(2)7(4-8)5-9/h6-7H,3H2,1-2H3. The predicted molar refractivity (Wildman–Crippen MR) is 35.8 cm³/mol. The minimum Gasteiger partial charge on any atom is -0.376 e. The lowest BCUT2D eigenvalue weighted by Crippen LogP contribution is -2.17. The highest BCUT2D eigenvalue weighted by atomic mass is 16.5. The monoisotopic (exact) mass is 138 g/mol. The summed E-state index contributed by atoms with van der Waals surface area (Å²) in [6.07, 6.45) is -0.278. The van der Waals surface area contributed by atoms with Crippen molar-refractivity contribution < 1.29 is 4.74 Å². The van der Waals surface area contributed by atoms with Gasteiger partial charge >= 0.3 is 0 Å². The van der Waals surface area contributed by atoms with Crippen LogP contribution in [-0.2, 0) is 4.74 Å². The Morgan fingerprint density at radius 2 is 1.90 bits per heavy atom. The molecule has 0 aromatic heterocycles. The maximum absolute atomic E-state index is 8.37. The molecule has 3 nitrogen and oxygen atoms in total. The number of ether oxygens (including phenoxy) is 1.